The molecule has 0 saturated heterocycles. The number of hydrogen-bond donors (Lipinski definition) is 0. The highest BCUT2D eigenvalue weighted by molar-refractivity contribution is 6.34. The Bertz CT molecular complexity index is 663. The first-order valence-corrected chi connectivity index (χ1v) is 7.79. The average Bonchev–Trinajstić information content (AvgIpc) is 2.36. The van der Waals surface area contributed by atoms with Gasteiger partial charge in [0.2, 0.25) is 0 Å². The molecule has 0 aliphatic heterocycles. The van der Waals surface area contributed by atoms with Crippen molar-refractivity contribution in [1.29, 1.82) is 0 Å². The Balaban J connectivity index is 3.41. The lowest BCUT2D eigenvalue weighted by molar-refractivity contribution is -0.384. The molecule has 25 heavy (non-hydrogen) atoms. The molecule has 0 radical (unpaired) electrons. The maximum absolute atomic E-state index is 12.5. The molecule has 0 N–H and O–H groups in total. The summed E-state index contributed by atoms with van der Waals surface area (Å²) in [6, 6.07) is 3.39. The highest BCUT2D eigenvalue weighted by atomic mass is 35.5. The Morgan fingerprint density at radius 2 is 1.48 bits per heavy atom. The van der Waals surface area contributed by atoms with E-state index in [9.17, 15) is 19.7 Å². The van der Waals surface area contributed by atoms with Crippen molar-refractivity contribution in [2.75, 3.05) is 4.90 Å². The van der Waals surface area contributed by atoms with Gasteiger partial charge in [0.25, 0.3) is 5.69 Å². The van der Waals surface area contributed by atoms with Gasteiger partial charge in [0.15, 0.2) is 0 Å². The number of benzene rings is 1. The number of non-ortho nitro benzene ring substituents is 1. The molecule has 1 aromatic carbocycles. The summed E-state index contributed by atoms with van der Waals surface area (Å²) in [5, 5.41) is 11.0. The van der Waals surface area contributed by atoms with Gasteiger partial charge in [-0.2, -0.15) is 4.90 Å². The number of hydrogen-bond acceptors (Lipinski definition) is 6. The zero-order valence-corrected chi connectivity index (χ0v) is 15.7. The number of ether oxygens (including phenoxy) is 2. The number of nitro benzene ring substituents is 1. The molecule has 0 aliphatic rings. The van der Waals surface area contributed by atoms with Crippen LogP contribution in [0.2, 0.25) is 5.02 Å². The summed E-state index contributed by atoms with van der Waals surface area (Å²) in [7, 11) is 0. The van der Waals surface area contributed by atoms with Crippen molar-refractivity contribution in [3.8, 4) is 0 Å². The summed E-state index contributed by atoms with van der Waals surface area (Å²) in [6.07, 6.45) is -2.10. The summed E-state index contributed by atoms with van der Waals surface area (Å²) in [4.78, 5) is 35.9. The second-order valence-corrected chi connectivity index (χ2v) is 7.60. The lowest BCUT2D eigenvalue weighted by Crippen LogP contribution is -2.44. The molecule has 0 spiro atoms. The molecular formula is C16H21ClN2O6. The zero-order valence-electron chi connectivity index (χ0n) is 15.0. The van der Waals surface area contributed by atoms with Crippen LogP contribution in [0.4, 0.5) is 21.0 Å². The molecule has 1 aromatic rings. The molecule has 0 aromatic heterocycles. The van der Waals surface area contributed by atoms with Gasteiger partial charge >= 0.3 is 12.2 Å². The van der Waals surface area contributed by atoms with E-state index in [0.717, 1.165) is 12.1 Å². The molecule has 0 atom stereocenters. The van der Waals surface area contributed by atoms with Crippen LogP contribution in [-0.4, -0.2) is 28.3 Å². The van der Waals surface area contributed by atoms with Crippen LogP contribution in [0.25, 0.3) is 0 Å². The number of rotatable bonds is 2. The van der Waals surface area contributed by atoms with E-state index in [2.05, 4.69) is 0 Å². The number of anilines is 1. The van der Waals surface area contributed by atoms with Gasteiger partial charge in [-0.1, -0.05) is 11.6 Å². The normalized spacial score (nSPS) is 11.6. The lowest BCUT2D eigenvalue weighted by Gasteiger charge is -2.28. The van der Waals surface area contributed by atoms with Crippen LogP contribution in [0.3, 0.4) is 0 Å². The smallest absolute Gasteiger partial charge is 0.424 e. The van der Waals surface area contributed by atoms with E-state index in [1.165, 1.54) is 6.07 Å². The number of carbonyl (C=O) groups excluding carboxylic acids is 2. The van der Waals surface area contributed by atoms with E-state index in [0.29, 0.717) is 4.90 Å². The highest BCUT2D eigenvalue weighted by Crippen LogP contribution is 2.32. The molecule has 0 bridgehead atoms. The Kier molecular flexibility index (Phi) is 6.01. The number of nitrogens with zero attached hydrogens (tertiary/aromatic N) is 2. The SMILES string of the molecule is CC(C)(C)OC(=O)N(C(=O)OC(C)(C)C)c1cc([N+](=O)[O-])ccc1Cl. The van der Waals surface area contributed by atoms with Crippen molar-refractivity contribution < 1.29 is 24.0 Å². The fourth-order valence-corrected chi connectivity index (χ4v) is 1.87. The van der Waals surface area contributed by atoms with E-state index in [1.807, 2.05) is 0 Å². The summed E-state index contributed by atoms with van der Waals surface area (Å²) in [5.74, 6) is 0. The zero-order chi connectivity index (χ0) is 19.6. The minimum Gasteiger partial charge on any atom is -0.443 e. The molecule has 2 amide bonds. The van der Waals surface area contributed by atoms with Crippen molar-refractivity contribution in [1.82, 2.24) is 0 Å². The van der Waals surface area contributed by atoms with E-state index in [4.69, 9.17) is 21.1 Å². The second kappa shape index (κ2) is 7.26. The first-order valence-electron chi connectivity index (χ1n) is 7.41. The second-order valence-electron chi connectivity index (χ2n) is 7.19. The summed E-state index contributed by atoms with van der Waals surface area (Å²) in [5.41, 5.74) is -2.33. The van der Waals surface area contributed by atoms with Crippen LogP contribution in [0.1, 0.15) is 41.5 Å². The monoisotopic (exact) mass is 372 g/mol. The predicted molar refractivity (Wildman–Crippen MR) is 93.1 cm³/mol. The first-order chi connectivity index (χ1) is 11.2. The molecule has 0 fully saturated rings. The largest absolute Gasteiger partial charge is 0.443 e. The van der Waals surface area contributed by atoms with Gasteiger partial charge in [0.1, 0.15) is 11.2 Å². The average molecular weight is 373 g/mol. The van der Waals surface area contributed by atoms with Gasteiger partial charge in [-0.15, -0.1) is 0 Å². The van der Waals surface area contributed by atoms with Crippen LogP contribution < -0.4 is 4.90 Å². The van der Waals surface area contributed by atoms with Crippen LogP contribution in [0.15, 0.2) is 18.2 Å². The minimum absolute atomic E-state index is 0.0395. The quantitative estimate of drug-likeness (QED) is 0.539. The molecule has 0 unspecified atom stereocenters. The molecule has 0 aliphatic carbocycles. The molecule has 138 valence electrons. The standard InChI is InChI=1S/C16H21ClN2O6/c1-15(2,3)24-13(20)18(14(21)25-16(4,5)6)12-9-10(19(22)23)7-8-11(12)17/h7-9H,1-6H3. The van der Waals surface area contributed by atoms with E-state index in [1.54, 1.807) is 41.5 Å². The van der Waals surface area contributed by atoms with E-state index >= 15 is 0 Å². The molecule has 1 rings (SSSR count). The number of amides is 2. The van der Waals surface area contributed by atoms with Crippen LogP contribution >= 0.6 is 11.6 Å². The number of imide groups is 1. The lowest BCUT2D eigenvalue weighted by atomic mass is 10.2. The van der Waals surface area contributed by atoms with Crippen molar-refractivity contribution >= 4 is 35.2 Å². The van der Waals surface area contributed by atoms with E-state index in [-0.39, 0.29) is 16.4 Å². The van der Waals surface area contributed by atoms with Gasteiger partial charge in [0, 0.05) is 12.1 Å². The van der Waals surface area contributed by atoms with Gasteiger partial charge in [-0.25, -0.2) is 9.59 Å². The number of halogens is 1. The third-order valence-electron chi connectivity index (χ3n) is 2.53. The molecule has 0 saturated carbocycles. The summed E-state index contributed by atoms with van der Waals surface area (Å²) < 4.78 is 10.4. The van der Waals surface area contributed by atoms with Crippen LogP contribution in [0, 0.1) is 10.1 Å². The van der Waals surface area contributed by atoms with Gasteiger partial charge in [0.05, 0.1) is 15.6 Å². The van der Waals surface area contributed by atoms with Crippen LogP contribution in [-0.2, 0) is 9.47 Å². The number of nitro groups is 1. The third kappa shape index (κ3) is 6.22. The van der Waals surface area contributed by atoms with Gasteiger partial charge < -0.3 is 9.47 Å². The minimum atomic E-state index is -1.05. The molecule has 0 heterocycles. The maximum atomic E-state index is 12.5. The maximum Gasteiger partial charge on any atom is 0.424 e. The van der Waals surface area contributed by atoms with E-state index < -0.39 is 28.3 Å². The van der Waals surface area contributed by atoms with Crippen LogP contribution in [0.5, 0.6) is 0 Å². The first kappa shape index (κ1) is 20.7. The van der Waals surface area contributed by atoms with Gasteiger partial charge in [-0.05, 0) is 47.6 Å². The fourth-order valence-electron chi connectivity index (χ4n) is 1.67. The highest BCUT2D eigenvalue weighted by Gasteiger charge is 2.34. The van der Waals surface area contributed by atoms with Crippen molar-refractivity contribution in [2.24, 2.45) is 0 Å². The topological polar surface area (TPSA) is 99.0 Å². The predicted octanol–water partition coefficient (Wildman–Crippen LogP) is 4.92. The Hall–Kier alpha value is -2.35. The molecule has 8 nitrogen and oxygen atoms in total. The molecular weight excluding hydrogens is 352 g/mol. The summed E-state index contributed by atoms with van der Waals surface area (Å²) in [6.45, 7) is 9.71. The Labute approximate surface area is 150 Å². The fraction of sp³-hybridized carbons (Fsp3) is 0.500. The Morgan fingerprint density at radius 3 is 1.84 bits per heavy atom. The third-order valence-corrected chi connectivity index (χ3v) is 2.85. The van der Waals surface area contributed by atoms with Crippen molar-refractivity contribution in [2.45, 2.75) is 52.7 Å². The van der Waals surface area contributed by atoms with Gasteiger partial charge in [-0.3, -0.25) is 10.1 Å². The molecule has 9 heteroatoms. The van der Waals surface area contributed by atoms with Crippen molar-refractivity contribution in [3.63, 3.8) is 0 Å². The van der Waals surface area contributed by atoms with Crippen molar-refractivity contribution in [3.05, 3.63) is 33.3 Å². The number of carbonyl (C=O) groups is 2. The Morgan fingerprint density at radius 1 is 1.04 bits per heavy atom. The summed E-state index contributed by atoms with van der Waals surface area (Å²) >= 11 is 6.05.